The van der Waals surface area contributed by atoms with Gasteiger partial charge in [0.15, 0.2) is 0 Å². The summed E-state index contributed by atoms with van der Waals surface area (Å²) in [5.41, 5.74) is 0. The van der Waals surface area contributed by atoms with Crippen LogP contribution in [0.5, 0.6) is 0 Å². The third-order valence-electron chi connectivity index (χ3n) is 10.7. The van der Waals surface area contributed by atoms with E-state index in [4.69, 9.17) is 14.9 Å². The molecule has 0 saturated heterocycles. The molecule has 0 rings (SSSR count). The maximum absolute atomic E-state index is 12.7. The molecule has 0 bridgehead atoms. The van der Waals surface area contributed by atoms with Crippen molar-refractivity contribution in [2.75, 3.05) is 13.2 Å². The molecule has 0 heterocycles. The predicted molar refractivity (Wildman–Crippen MR) is 236 cm³/mol. The minimum absolute atomic E-state index is 0.124. The van der Waals surface area contributed by atoms with Crippen LogP contribution >= 0.6 is 0 Å². The Morgan fingerprint density at radius 3 is 1.47 bits per heavy atom. The first-order chi connectivity index (χ1) is 27.8. The molecule has 332 valence electrons. The van der Waals surface area contributed by atoms with Crippen LogP contribution in [0.15, 0.2) is 24.3 Å². The molecule has 2 atom stereocenters. The van der Waals surface area contributed by atoms with E-state index in [1.807, 2.05) is 6.08 Å². The van der Waals surface area contributed by atoms with Crippen LogP contribution in [0.1, 0.15) is 232 Å². The lowest BCUT2D eigenvalue weighted by molar-refractivity contribution is -0.147. The van der Waals surface area contributed by atoms with Gasteiger partial charge in [-0.05, 0) is 44.6 Å². The fraction of sp³-hybridized carbons (Fsp3) is 0.833. The second kappa shape index (κ2) is 42.9. The Kier molecular flexibility index (Phi) is 40.9. The number of carbonyl (C=O) groups is 4. The lowest BCUT2D eigenvalue weighted by atomic mass is 10.0. The van der Waals surface area contributed by atoms with Crippen LogP contribution in [0.2, 0.25) is 0 Å². The smallest absolute Gasteiger partial charge is 0.328 e. The predicted octanol–water partition coefficient (Wildman–Crippen LogP) is 12.0. The summed E-state index contributed by atoms with van der Waals surface area (Å²) in [4.78, 5) is 47.5. The van der Waals surface area contributed by atoms with Gasteiger partial charge in [-0.2, -0.15) is 0 Å². The molecule has 0 aromatic carbocycles. The molecule has 57 heavy (non-hydrogen) atoms. The fourth-order valence-corrected chi connectivity index (χ4v) is 7.00. The van der Waals surface area contributed by atoms with E-state index < -0.39 is 24.5 Å². The molecule has 0 saturated carbocycles. The largest absolute Gasteiger partial charge is 0.480 e. The van der Waals surface area contributed by atoms with Crippen LogP contribution in [-0.2, 0) is 23.9 Å². The third kappa shape index (κ3) is 39.9. The first-order valence-electron chi connectivity index (χ1n) is 23.7. The van der Waals surface area contributed by atoms with Crippen LogP contribution in [0.3, 0.4) is 0 Å². The van der Waals surface area contributed by atoms with E-state index in [9.17, 15) is 19.2 Å². The number of ether oxygens (including phenoxy) is 1. The summed E-state index contributed by atoms with van der Waals surface area (Å²) in [5.74, 6) is -2.41. The molecule has 2 unspecified atom stereocenters. The number of hydrogen-bond acceptors (Lipinski definition) is 6. The molecule has 4 N–H and O–H groups in total. The number of carboxylic acids is 1. The molecule has 0 aromatic heterocycles. The van der Waals surface area contributed by atoms with Gasteiger partial charge in [0, 0.05) is 12.8 Å². The van der Waals surface area contributed by atoms with Gasteiger partial charge in [-0.1, -0.05) is 199 Å². The van der Waals surface area contributed by atoms with E-state index in [-0.39, 0.29) is 30.9 Å². The van der Waals surface area contributed by atoms with E-state index in [2.05, 4.69) is 42.7 Å². The zero-order valence-corrected chi connectivity index (χ0v) is 36.9. The van der Waals surface area contributed by atoms with Crippen molar-refractivity contribution in [3.05, 3.63) is 24.3 Å². The summed E-state index contributed by atoms with van der Waals surface area (Å²) in [6.45, 7) is 3.41. The van der Waals surface area contributed by atoms with Crippen molar-refractivity contribution in [3.8, 4) is 0 Å². The molecule has 0 aliphatic carbocycles. The molecule has 9 nitrogen and oxygen atoms in total. The lowest BCUT2D eigenvalue weighted by Gasteiger charge is -2.15. The Bertz CT molecular complexity index is 1010. The number of allylic oxidation sites excluding steroid dienone is 3. The van der Waals surface area contributed by atoms with Crippen LogP contribution in [0, 0.1) is 0 Å². The molecule has 2 amide bonds. The van der Waals surface area contributed by atoms with Gasteiger partial charge in [0.05, 0.1) is 13.2 Å². The highest BCUT2D eigenvalue weighted by Gasteiger charge is 2.18. The Hall–Kier alpha value is -2.68. The zero-order valence-electron chi connectivity index (χ0n) is 36.9. The number of aliphatic hydroxyl groups excluding tert-OH is 1. The molecular formula is C48H88N2O7. The molecule has 0 aliphatic heterocycles. The summed E-state index contributed by atoms with van der Waals surface area (Å²) in [7, 11) is 0. The summed E-state index contributed by atoms with van der Waals surface area (Å²) >= 11 is 0. The number of amides is 2. The van der Waals surface area contributed by atoms with Gasteiger partial charge in [-0.3, -0.25) is 14.4 Å². The van der Waals surface area contributed by atoms with Gasteiger partial charge in [-0.25, -0.2) is 4.79 Å². The molecule has 0 aliphatic rings. The van der Waals surface area contributed by atoms with Crippen molar-refractivity contribution in [2.45, 2.75) is 244 Å². The second-order valence-corrected chi connectivity index (χ2v) is 16.2. The van der Waals surface area contributed by atoms with E-state index >= 15 is 0 Å². The standard InChI is InChI=1S/C48H88N2O7/c1-3-5-7-9-11-12-13-14-15-16-17-18-19-20-21-22-23-24-25-26-28-30-36-40-47(54)57-43(37-33-29-27-10-8-6-4-2)38-34-31-32-35-39-45(52)49-41-46(53)50-44(42-51)48(55)56/h10,27,33,37,43-44,51H,3-9,11-26,28-32,34-36,38-42H2,1-2H3,(H,49,52)(H,50,53)(H,55,56)/b27-10-,37-33-. The molecule has 9 heteroatoms. The number of aliphatic hydroxyl groups is 1. The number of unbranched alkanes of at least 4 members (excludes halogenated alkanes) is 27. The number of aliphatic carboxylic acids is 1. The van der Waals surface area contributed by atoms with Crippen molar-refractivity contribution >= 4 is 23.8 Å². The third-order valence-corrected chi connectivity index (χ3v) is 10.7. The van der Waals surface area contributed by atoms with Gasteiger partial charge in [0.2, 0.25) is 11.8 Å². The van der Waals surface area contributed by atoms with Crippen LogP contribution in [0.25, 0.3) is 0 Å². The highest BCUT2D eigenvalue weighted by molar-refractivity contribution is 5.87. The molecule has 0 fully saturated rings. The van der Waals surface area contributed by atoms with E-state index in [1.165, 1.54) is 148 Å². The molecular weight excluding hydrogens is 717 g/mol. The normalized spacial score (nSPS) is 12.6. The average molecular weight is 805 g/mol. The maximum atomic E-state index is 12.7. The number of carbonyl (C=O) groups excluding carboxylic acids is 3. The fourth-order valence-electron chi connectivity index (χ4n) is 7.00. The van der Waals surface area contributed by atoms with E-state index in [0.717, 1.165) is 51.4 Å². The van der Waals surface area contributed by atoms with Gasteiger partial charge in [-0.15, -0.1) is 0 Å². The maximum Gasteiger partial charge on any atom is 0.328 e. The number of nitrogens with one attached hydrogen (secondary N) is 2. The van der Waals surface area contributed by atoms with Crippen molar-refractivity contribution in [3.63, 3.8) is 0 Å². The molecule has 0 radical (unpaired) electrons. The number of rotatable bonds is 43. The molecule has 0 aromatic rings. The van der Waals surface area contributed by atoms with Gasteiger partial charge in [0.25, 0.3) is 0 Å². The minimum atomic E-state index is -1.39. The highest BCUT2D eigenvalue weighted by atomic mass is 16.5. The van der Waals surface area contributed by atoms with Crippen molar-refractivity contribution in [1.29, 1.82) is 0 Å². The van der Waals surface area contributed by atoms with Crippen molar-refractivity contribution in [1.82, 2.24) is 10.6 Å². The second-order valence-electron chi connectivity index (χ2n) is 16.2. The summed E-state index contributed by atoms with van der Waals surface area (Å²) in [6, 6.07) is -1.39. The Morgan fingerprint density at radius 2 is 1.00 bits per heavy atom. The average Bonchev–Trinajstić information content (AvgIpc) is 3.20. The topological polar surface area (TPSA) is 142 Å². The monoisotopic (exact) mass is 805 g/mol. The van der Waals surface area contributed by atoms with Crippen LogP contribution in [0.4, 0.5) is 0 Å². The SMILES string of the molecule is CCCC/C=C\C/C=C\C(CCCCCCC(=O)NCC(=O)NC(CO)C(=O)O)OC(=O)CCCCCCCCCCCCCCCCCCCCCCCCC. The van der Waals surface area contributed by atoms with Gasteiger partial charge in [0.1, 0.15) is 12.1 Å². The Balaban J connectivity index is 4.03. The summed E-state index contributed by atoms with van der Waals surface area (Å²) < 4.78 is 5.89. The number of carboxylic acid groups (broad SMARTS) is 1. The van der Waals surface area contributed by atoms with Gasteiger partial charge < -0.3 is 25.6 Å². The Labute approximate surface area is 349 Å². The first kappa shape index (κ1) is 54.3. The van der Waals surface area contributed by atoms with Gasteiger partial charge >= 0.3 is 11.9 Å². The zero-order chi connectivity index (χ0) is 41.9. The van der Waals surface area contributed by atoms with Crippen molar-refractivity contribution < 1.29 is 34.1 Å². The van der Waals surface area contributed by atoms with Crippen LogP contribution in [-0.4, -0.2) is 59.3 Å². The summed E-state index contributed by atoms with van der Waals surface area (Å²) in [6.07, 6.45) is 48.3. The number of esters is 1. The lowest BCUT2D eigenvalue weighted by Crippen LogP contribution is -2.47. The highest BCUT2D eigenvalue weighted by Crippen LogP contribution is 2.17. The molecule has 0 spiro atoms. The minimum Gasteiger partial charge on any atom is -0.480 e. The number of hydrogen-bond donors (Lipinski definition) is 4. The van der Waals surface area contributed by atoms with Crippen molar-refractivity contribution in [2.24, 2.45) is 0 Å². The Morgan fingerprint density at radius 1 is 0.544 bits per heavy atom. The van der Waals surface area contributed by atoms with E-state index in [1.54, 1.807) is 0 Å². The van der Waals surface area contributed by atoms with Crippen LogP contribution < -0.4 is 10.6 Å². The summed E-state index contributed by atoms with van der Waals surface area (Å²) in [5, 5.41) is 22.5. The van der Waals surface area contributed by atoms with E-state index in [0.29, 0.717) is 12.8 Å². The first-order valence-corrected chi connectivity index (χ1v) is 23.7. The quantitative estimate of drug-likeness (QED) is 0.0273.